The third-order valence-electron chi connectivity index (χ3n) is 10.5. The van der Waals surface area contributed by atoms with Crippen molar-refractivity contribution in [1.82, 2.24) is 19.1 Å². The SMILES string of the molecule is NCC#Cc1ccc(CNc2ccn([C@H]3CC(O)[C@@H](COP(=O)(O)OP(=O)(O)OP(=O)(O)O)O3)c(=O)n2)c([N+](=O)[O-])c1.O=C(CCC#Cc1ccc(CNc2ccn([C@H]3CC(O)[C@@H](CO)O3)c(=O)n2)c([N+](=O)[O-])c1)C(F)(F)F. The molecule has 2 aromatic carbocycles. The Kier molecular flexibility index (Phi) is 21.4. The van der Waals surface area contributed by atoms with Gasteiger partial charge in [0.05, 0.1) is 41.8 Å². The van der Waals surface area contributed by atoms with Crippen LogP contribution in [0.3, 0.4) is 0 Å². The number of halogens is 3. The van der Waals surface area contributed by atoms with Crippen molar-refractivity contribution in [3.8, 4) is 23.7 Å². The number of phosphoric acid groups is 3. The summed E-state index contributed by atoms with van der Waals surface area (Å²) in [5, 5.41) is 57.8. The van der Waals surface area contributed by atoms with Gasteiger partial charge in [0.15, 0.2) is 0 Å². The third-order valence-corrected chi connectivity index (χ3v) is 14.3. The summed E-state index contributed by atoms with van der Waals surface area (Å²) >= 11 is 0. The predicted octanol–water partition coefficient (Wildman–Crippen LogP) is 1.73. The van der Waals surface area contributed by atoms with Gasteiger partial charge in [0, 0.05) is 85.6 Å². The molecule has 4 aromatic rings. The number of nitrogens with one attached hydrogen (secondary N) is 2. The number of aliphatic hydroxyl groups excluding tert-OH is 3. The van der Waals surface area contributed by atoms with E-state index in [2.05, 4.69) is 57.4 Å². The number of ether oxygens (including phenoxy) is 2. The number of carbonyl (C=O) groups is 1. The number of nitrogens with two attached hydrogens (primary N) is 1. The number of nitro benzene ring substituents is 2. The predicted molar refractivity (Wildman–Crippen MR) is 257 cm³/mol. The second-order valence-electron chi connectivity index (χ2n) is 16.1. The van der Waals surface area contributed by atoms with Crippen LogP contribution < -0.4 is 27.7 Å². The van der Waals surface area contributed by atoms with E-state index >= 15 is 0 Å². The molecule has 0 saturated carbocycles. The fourth-order valence-electron chi connectivity index (χ4n) is 6.95. The van der Waals surface area contributed by atoms with Gasteiger partial charge in [-0.25, -0.2) is 23.3 Å². The molecule has 4 unspecified atom stereocenters. The summed E-state index contributed by atoms with van der Waals surface area (Å²) in [6.45, 7) is -1.38. The number of hydrogen-bond acceptors (Lipinski definition) is 23. The summed E-state index contributed by atoms with van der Waals surface area (Å²) in [6.07, 6.45) is -9.97. The highest BCUT2D eigenvalue weighted by atomic mass is 31.3. The molecule has 0 aliphatic carbocycles. The van der Waals surface area contributed by atoms with Crippen LogP contribution in [0.4, 0.5) is 36.2 Å². The van der Waals surface area contributed by atoms with Gasteiger partial charge in [0.2, 0.25) is 5.78 Å². The lowest BCUT2D eigenvalue weighted by Gasteiger charge is -2.19. The van der Waals surface area contributed by atoms with E-state index in [1.165, 1.54) is 48.8 Å². The Labute approximate surface area is 435 Å². The Morgan fingerprint density at radius 3 is 1.68 bits per heavy atom. The van der Waals surface area contributed by atoms with E-state index in [1.54, 1.807) is 6.07 Å². The van der Waals surface area contributed by atoms with Crippen LogP contribution in [-0.2, 0) is 54.2 Å². The highest BCUT2D eigenvalue weighted by Gasteiger charge is 2.43. The van der Waals surface area contributed by atoms with E-state index in [4.69, 9.17) is 30.1 Å². The lowest BCUT2D eigenvalue weighted by atomic mass is 10.1. The molecule has 11 N–H and O–H groups in total. The first-order chi connectivity index (χ1) is 36.5. The molecule has 422 valence electrons. The summed E-state index contributed by atoms with van der Waals surface area (Å²) in [6, 6.07) is 11.1. The Morgan fingerprint density at radius 2 is 1.26 bits per heavy atom. The molecule has 2 aliphatic rings. The number of aliphatic hydroxyl groups is 3. The van der Waals surface area contributed by atoms with E-state index in [0.717, 1.165) is 15.2 Å². The van der Waals surface area contributed by atoms with Crippen LogP contribution >= 0.6 is 23.5 Å². The van der Waals surface area contributed by atoms with Crippen LogP contribution in [0.25, 0.3) is 0 Å². The first kappa shape index (κ1) is 62.2. The Bertz CT molecular complexity index is 3270. The molecule has 2 aromatic heterocycles. The molecule has 37 heteroatoms. The number of hydrogen-bond donors (Lipinski definition) is 10. The average molecular weight is 1170 g/mol. The van der Waals surface area contributed by atoms with E-state index in [0.29, 0.717) is 5.56 Å². The quantitative estimate of drug-likeness (QED) is 0.0261. The van der Waals surface area contributed by atoms with Gasteiger partial charge in [0.1, 0.15) is 36.3 Å². The number of nitrogens with zero attached hydrogens (tertiary/aromatic N) is 6. The van der Waals surface area contributed by atoms with Gasteiger partial charge >= 0.3 is 41.0 Å². The van der Waals surface area contributed by atoms with Crippen LogP contribution in [-0.4, -0.2) is 120 Å². The van der Waals surface area contributed by atoms with Crippen LogP contribution in [0.5, 0.6) is 0 Å². The fourth-order valence-corrected chi connectivity index (χ4v) is 9.98. The lowest BCUT2D eigenvalue weighted by molar-refractivity contribution is -0.385. The minimum Gasteiger partial charge on any atom is -0.394 e. The van der Waals surface area contributed by atoms with Gasteiger partial charge in [0.25, 0.3) is 11.4 Å². The molecule has 31 nitrogen and oxygen atoms in total. The van der Waals surface area contributed by atoms with Crippen LogP contribution in [0.1, 0.15) is 60.4 Å². The number of anilines is 2. The molecule has 0 radical (unpaired) electrons. The van der Waals surface area contributed by atoms with Crippen molar-refractivity contribution >= 4 is 52.3 Å². The van der Waals surface area contributed by atoms with Gasteiger partial charge < -0.3 is 60.7 Å². The van der Waals surface area contributed by atoms with Gasteiger partial charge in [-0.05, 0) is 36.4 Å². The minimum atomic E-state index is -5.73. The molecule has 0 spiro atoms. The van der Waals surface area contributed by atoms with Crippen molar-refractivity contribution in [3.63, 3.8) is 0 Å². The van der Waals surface area contributed by atoms with E-state index in [1.807, 2.05) is 0 Å². The molecule has 2 fully saturated rings. The van der Waals surface area contributed by atoms with Crippen molar-refractivity contribution < 1.29 is 99.0 Å². The van der Waals surface area contributed by atoms with Crippen molar-refractivity contribution in [2.45, 2.75) is 81.8 Å². The fraction of sp³-hybridized carbons (Fsp3) is 0.390. The summed E-state index contributed by atoms with van der Waals surface area (Å²) in [7, 11) is -16.8. The Balaban J connectivity index is 0.000000291. The molecule has 4 heterocycles. The number of phosphoric ester groups is 1. The third kappa shape index (κ3) is 18.5. The molecule has 78 heavy (non-hydrogen) atoms. The van der Waals surface area contributed by atoms with E-state index in [9.17, 15) is 81.5 Å². The number of carbonyl (C=O) groups excluding carboxylic acids is 1. The lowest BCUT2D eigenvalue weighted by Crippen LogP contribution is -2.28. The summed E-state index contributed by atoms with van der Waals surface area (Å²) in [5.41, 5.74) is 4.34. The summed E-state index contributed by atoms with van der Waals surface area (Å²) in [4.78, 5) is 101. The Morgan fingerprint density at radius 1 is 0.782 bits per heavy atom. The zero-order chi connectivity index (χ0) is 57.8. The Hall–Kier alpha value is -6.65. The number of nitro groups is 2. The number of benzene rings is 2. The van der Waals surface area contributed by atoms with Gasteiger partial charge in [-0.3, -0.25) is 38.7 Å². The topological polar surface area (TPSA) is 462 Å². The largest absolute Gasteiger partial charge is 0.490 e. The monoisotopic (exact) mass is 1170 g/mol. The van der Waals surface area contributed by atoms with E-state index in [-0.39, 0.29) is 78.6 Å². The molecule has 0 bridgehead atoms. The van der Waals surface area contributed by atoms with Crippen molar-refractivity contribution in [3.05, 3.63) is 124 Å². The maximum Gasteiger partial charge on any atom is 0.490 e. The van der Waals surface area contributed by atoms with Gasteiger partial charge in [-0.2, -0.15) is 31.8 Å². The molecule has 0 amide bonds. The van der Waals surface area contributed by atoms with Crippen molar-refractivity contribution in [2.24, 2.45) is 5.73 Å². The second kappa shape index (κ2) is 26.8. The highest BCUT2D eigenvalue weighted by molar-refractivity contribution is 7.66. The average Bonchev–Trinajstić information content (AvgIpc) is 3.93. The normalized spacial score (nSPS) is 20.6. The molecular weight excluding hydrogens is 1120 g/mol. The second-order valence-corrected chi connectivity index (χ2v) is 20.5. The highest BCUT2D eigenvalue weighted by Crippen LogP contribution is 2.66. The number of Topliss-reactive ketones (excluding diaryl/α,β-unsaturated/α-hetero) is 1. The molecule has 2 aliphatic heterocycles. The van der Waals surface area contributed by atoms with Gasteiger partial charge in [-0.15, -0.1) is 0 Å². The molecule has 6 rings (SSSR count). The first-order valence-electron chi connectivity index (χ1n) is 22.0. The maximum atomic E-state index is 12.6. The van der Waals surface area contributed by atoms with Crippen molar-refractivity contribution in [1.29, 1.82) is 0 Å². The molecule has 2 saturated heterocycles. The number of alkyl halides is 3. The number of rotatable bonds is 20. The summed E-state index contributed by atoms with van der Waals surface area (Å²) in [5.74, 6) is 8.48. The van der Waals surface area contributed by atoms with E-state index < -0.39 is 113 Å². The number of aromatic nitrogens is 4. The maximum absolute atomic E-state index is 12.6. The number of ketones is 1. The summed E-state index contributed by atoms with van der Waals surface area (Å²) < 4.78 is 95.3. The van der Waals surface area contributed by atoms with Crippen LogP contribution in [0.15, 0.2) is 70.5 Å². The minimum absolute atomic E-state index is 0.0558. The van der Waals surface area contributed by atoms with Crippen LogP contribution in [0.2, 0.25) is 0 Å². The van der Waals surface area contributed by atoms with Crippen molar-refractivity contribution in [2.75, 3.05) is 30.4 Å². The van der Waals surface area contributed by atoms with Crippen LogP contribution in [0, 0.1) is 43.9 Å². The first-order valence-corrected chi connectivity index (χ1v) is 26.5. The standard InChI is InChI=1S/C22H21F3N4O7.C19H24N5O15P3/c23-22(24,25)18(32)4-2-1-3-13-5-6-14(15(9-13)29(34)35)11-26-19-7-8-28(21(33)27-19)20-10-16(31)17(12-30)36-20;20-6-1-2-12-3-4-13(14(8-12)24(27)28)10-21-17-5-7-23(19(26)22-17)18-9-15(25)16(37-18)11-36-41(32,33)39-42(34,35)38-40(29,30)31/h5-9,16-17,20,30-31H,2,4,10-12H2,(H,26,27,33);3-5,7-8,15-16,18,25H,6,9-11,20H2,(H,32,33)(H,34,35)(H,21,22,26)(H2,29,30,31)/t16?,17-,20-;15?,16-,18-/m11/s1. The zero-order valence-electron chi connectivity index (χ0n) is 39.6. The zero-order valence-corrected chi connectivity index (χ0v) is 42.3. The molecular formula is C41H45F3N9O22P3. The molecule has 8 atom stereocenters. The van der Waals surface area contributed by atoms with Gasteiger partial charge in [-0.1, -0.05) is 23.7 Å². The smallest absolute Gasteiger partial charge is 0.394 e.